The third-order valence-corrected chi connectivity index (χ3v) is 1.54. The van der Waals surface area contributed by atoms with E-state index in [0.717, 1.165) is 0 Å². The number of rotatable bonds is 2. The van der Waals surface area contributed by atoms with Crippen LogP contribution in [-0.2, 0) is 0 Å². The molecule has 0 unspecified atom stereocenters. The van der Waals surface area contributed by atoms with E-state index in [-0.39, 0.29) is 27.3 Å². The zero-order valence-corrected chi connectivity index (χ0v) is 10.9. The Balaban J connectivity index is 0. The molecule has 7 radical (unpaired) electrons. The van der Waals surface area contributed by atoms with Crippen LogP contribution in [0.2, 0.25) is 4.44 Å². The maximum Gasteiger partial charge on any atom is 0 e. The first-order valence-electron chi connectivity index (χ1n) is 2.06. The molecule has 6 heavy (non-hydrogen) atoms. The van der Waals surface area contributed by atoms with Gasteiger partial charge in [-0.3, -0.25) is 0 Å². The summed E-state index contributed by atoms with van der Waals surface area (Å²) in [5, 5.41) is 0. The van der Waals surface area contributed by atoms with E-state index in [1.54, 1.807) is 22.5 Å². The Labute approximate surface area is 73.3 Å². The Bertz CT molecular complexity index is 15.0. The van der Waals surface area contributed by atoms with Gasteiger partial charge in [0.05, 0.1) is 0 Å². The first-order valence-corrected chi connectivity index (χ1v) is 4.08. The van der Waals surface area contributed by atoms with E-state index in [1.807, 2.05) is 0 Å². The number of unbranched alkanes of at least 4 members (excludes halogenated alkanes) is 1. The van der Waals surface area contributed by atoms with Crippen LogP contribution in [0.3, 0.4) is 0 Å². The first-order chi connectivity index (χ1) is 2.41. The van der Waals surface area contributed by atoms with Gasteiger partial charge in [-0.1, -0.05) is 0 Å². The van der Waals surface area contributed by atoms with Crippen molar-refractivity contribution in [2.45, 2.75) is 24.2 Å². The summed E-state index contributed by atoms with van der Waals surface area (Å²) in [6.07, 6.45) is 2.80. The average Bonchev–Trinajstić information content (AvgIpc) is 1.41. The van der Waals surface area contributed by atoms with Gasteiger partial charge >= 0.3 is 46.7 Å². The Kier molecular flexibility index (Phi) is 17.5. The smallest absolute Gasteiger partial charge is 0 e. The Hall–Kier alpha value is 1.72. The normalized spacial score (nSPS) is 7.00. The van der Waals surface area contributed by atoms with Crippen LogP contribution in [0, 0.1) is 0 Å². The van der Waals surface area contributed by atoms with Crippen LogP contribution in [0.15, 0.2) is 0 Å². The van der Waals surface area contributed by atoms with Gasteiger partial charge in [-0.15, -0.1) is 0 Å². The first kappa shape index (κ1) is 10.7. The second-order valence-electron chi connectivity index (χ2n) is 1.10. The monoisotopic (exact) mass is 385 g/mol. The van der Waals surface area contributed by atoms with E-state index in [9.17, 15) is 0 Å². The molecule has 0 amide bonds. The summed E-state index contributed by atoms with van der Waals surface area (Å²) in [5.74, 6) is 0. The van der Waals surface area contributed by atoms with Crippen LogP contribution in [-0.4, -0.2) is 49.8 Å². The Morgan fingerprint density at radius 3 is 2.00 bits per heavy atom. The fourth-order valence-corrected chi connectivity index (χ4v) is 1.19. The Morgan fingerprint density at radius 1 is 1.50 bits per heavy atom. The van der Waals surface area contributed by atoms with Crippen LogP contribution < -0.4 is 0 Å². The van der Waals surface area contributed by atoms with Crippen molar-refractivity contribution in [2.24, 2.45) is 0 Å². The van der Waals surface area contributed by atoms with Gasteiger partial charge in [0.15, 0.2) is 0 Å². The van der Waals surface area contributed by atoms with E-state index >= 15 is 0 Å². The number of hydrogen-bond donors (Lipinski definition) is 0. The second kappa shape index (κ2) is 9.87. The molecule has 0 bridgehead atoms. The molecule has 0 spiro atoms. The third-order valence-electron chi connectivity index (χ3n) is 0.530. The summed E-state index contributed by atoms with van der Waals surface area (Å²) >= 11 is 1.68. The zero-order chi connectivity index (χ0) is 4.12. The standard InChI is InChI=1S/C4H9.Pb.Sn/c1-3-4-2;;/h1,3-4H2,2H3;;. The van der Waals surface area contributed by atoms with Crippen molar-refractivity contribution in [2.75, 3.05) is 0 Å². The molecular weight excluding hydrogens is 374 g/mol. The van der Waals surface area contributed by atoms with Crippen LogP contribution in [0.5, 0.6) is 0 Å². The molecule has 0 saturated carbocycles. The van der Waals surface area contributed by atoms with E-state index in [2.05, 4.69) is 6.92 Å². The molecule has 0 aromatic carbocycles. The van der Waals surface area contributed by atoms with Gasteiger partial charge in [-0.05, 0) is 0 Å². The third kappa shape index (κ3) is 9.21. The molecule has 0 aromatic rings. The van der Waals surface area contributed by atoms with E-state index in [4.69, 9.17) is 0 Å². The van der Waals surface area contributed by atoms with Crippen molar-refractivity contribution < 1.29 is 0 Å². The zero-order valence-electron chi connectivity index (χ0n) is 4.12. The van der Waals surface area contributed by atoms with Crippen LogP contribution in [0.1, 0.15) is 19.8 Å². The molecule has 0 aliphatic carbocycles. The average molecular weight is 383 g/mol. The molecule has 2 heteroatoms. The van der Waals surface area contributed by atoms with Crippen molar-refractivity contribution in [1.82, 2.24) is 0 Å². The summed E-state index contributed by atoms with van der Waals surface area (Å²) in [5.41, 5.74) is 0. The van der Waals surface area contributed by atoms with Crippen LogP contribution in [0.25, 0.3) is 0 Å². The van der Waals surface area contributed by atoms with Gasteiger partial charge in [0, 0.05) is 27.3 Å². The van der Waals surface area contributed by atoms with Gasteiger partial charge in [0.25, 0.3) is 0 Å². The molecule has 0 aromatic heterocycles. The molecular formula is C4H9PbSn. The molecule has 0 N–H and O–H groups in total. The minimum atomic E-state index is 0. The minimum Gasteiger partial charge on any atom is 0 e. The van der Waals surface area contributed by atoms with Crippen molar-refractivity contribution >= 4 is 49.8 Å². The fraction of sp³-hybridized carbons (Fsp3) is 1.00. The molecule has 0 heterocycles. The van der Waals surface area contributed by atoms with Gasteiger partial charge in [-0.25, -0.2) is 0 Å². The molecule has 0 aliphatic rings. The summed E-state index contributed by atoms with van der Waals surface area (Å²) in [6, 6.07) is 0. The molecule has 33 valence electrons. The van der Waals surface area contributed by atoms with Gasteiger partial charge < -0.3 is 0 Å². The van der Waals surface area contributed by atoms with Crippen molar-refractivity contribution in [1.29, 1.82) is 0 Å². The van der Waals surface area contributed by atoms with Crippen molar-refractivity contribution in [3.05, 3.63) is 0 Å². The van der Waals surface area contributed by atoms with Crippen molar-refractivity contribution in [3.8, 4) is 0 Å². The van der Waals surface area contributed by atoms with Crippen LogP contribution in [0.4, 0.5) is 0 Å². The number of hydrogen-bond acceptors (Lipinski definition) is 0. The summed E-state index contributed by atoms with van der Waals surface area (Å²) in [7, 11) is 0. The fourth-order valence-electron chi connectivity index (χ4n) is 0.177. The maximum absolute atomic E-state index is 2.23. The summed E-state index contributed by atoms with van der Waals surface area (Å²) < 4.78 is 1.43. The molecule has 0 atom stereocenters. The quantitative estimate of drug-likeness (QED) is 0.625. The van der Waals surface area contributed by atoms with Gasteiger partial charge in [-0.2, -0.15) is 0 Å². The summed E-state index contributed by atoms with van der Waals surface area (Å²) in [6.45, 7) is 2.23. The molecule has 0 nitrogen and oxygen atoms in total. The largest absolute Gasteiger partial charge is 0 e. The van der Waals surface area contributed by atoms with E-state index in [1.165, 1.54) is 17.3 Å². The Morgan fingerprint density at radius 2 is 2.00 bits per heavy atom. The summed E-state index contributed by atoms with van der Waals surface area (Å²) in [4.78, 5) is 0. The van der Waals surface area contributed by atoms with Crippen LogP contribution >= 0.6 is 0 Å². The molecule has 0 saturated heterocycles. The minimum absolute atomic E-state index is 0. The van der Waals surface area contributed by atoms with Gasteiger partial charge in [0.2, 0.25) is 0 Å². The maximum atomic E-state index is 2.23. The molecule has 0 rings (SSSR count). The van der Waals surface area contributed by atoms with E-state index < -0.39 is 0 Å². The predicted octanol–water partition coefficient (Wildman–Crippen LogP) is 0.992. The molecule has 0 fully saturated rings. The topological polar surface area (TPSA) is 0 Å². The van der Waals surface area contributed by atoms with Crippen molar-refractivity contribution in [3.63, 3.8) is 0 Å². The SMILES string of the molecule is CCC[CH2][Sn].[Pb]. The molecule has 0 aliphatic heterocycles. The second-order valence-corrected chi connectivity index (χ2v) is 2.53. The van der Waals surface area contributed by atoms with Gasteiger partial charge in [0.1, 0.15) is 0 Å². The van der Waals surface area contributed by atoms with E-state index in [0.29, 0.717) is 0 Å². The predicted molar refractivity (Wildman–Crippen MR) is 31.2 cm³/mol.